The maximum absolute atomic E-state index is 12.0. The molecule has 0 aliphatic carbocycles. The molecule has 1 aromatic rings. The number of carbonyl (C=O) groups excluding carboxylic acids is 1. The molecule has 0 saturated carbocycles. The zero-order chi connectivity index (χ0) is 13.1. The highest BCUT2D eigenvalue weighted by Gasteiger charge is 2.24. The van der Waals surface area contributed by atoms with Gasteiger partial charge in [0.15, 0.2) is 0 Å². The fraction of sp³-hybridized carbons (Fsp3) is 0.385. The first-order chi connectivity index (χ1) is 8.63. The zero-order valence-electron chi connectivity index (χ0n) is 10.2. The molecule has 0 atom stereocenters. The smallest absolute Gasteiger partial charge is 0.335 e. The van der Waals surface area contributed by atoms with Gasteiger partial charge in [-0.05, 0) is 36.4 Å². The van der Waals surface area contributed by atoms with Gasteiger partial charge in [0, 0.05) is 24.4 Å². The molecule has 0 aromatic heterocycles. The fourth-order valence-electron chi connectivity index (χ4n) is 2.12. The Balaban J connectivity index is 2.18. The van der Waals surface area contributed by atoms with E-state index < -0.39 is 5.97 Å². The second-order valence-corrected chi connectivity index (χ2v) is 5.17. The Hall–Kier alpha value is -1.49. The van der Waals surface area contributed by atoms with Crippen molar-refractivity contribution in [2.45, 2.75) is 12.8 Å². The number of carboxylic acids is 1. The summed E-state index contributed by atoms with van der Waals surface area (Å²) in [6.45, 7) is 0.658. The van der Waals surface area contributed by atoms with Crippen LogP contribution in [0.2, 0.25) is 0 Å². The van der Waals surface area contributed by atoms with Gasteiger partial charge in [0.2, 0.25) is 5.91 Å². The Morgan fingerprint density at radius 2 is 2.22 bits per heavy atom. The predicted molar refractivity (Wildman–Crippen MR) is 72.5 cm³/mol. The van der Waals surface area contributed by atoms with Crippen LogP contribution in [-0.2, 0) is 11.2 Å². The third-order valence-corrected chi connectivity index (χ3v) is 3.66. The van der Waals surface area contributed by atoms with Crippen molar-refractivity contribution in [3.63, 3.8) is 0 Å². The molecule has 1 aromatic carbocycles. The predicted octanol–water partition coefficient (Wildman–Crippen LogP) is 2.03. The molecule has 0 radical (unpaired) electrons. The Labute approximate surface area is 110 Å². The number of rotatable bonds is 4. The van der Waals surface area contributed by atoms with Crippen molar-refractivity contribution < 1.29 is 14.7 Å². The van der Waals surface area contributed by atoms with Crippen LogP contribution in [0.1, 0.15) is 22.3 Å². The average molecular weight is 265 g/mol. The van der Waals surface area contributed by atoms with Crippen LogP contribution in [0, 0.1) is 0 Å². The fourth-order valence-corrected chi connectivity index (χ4v) is 2.50. The maximum atomic E-state index is 12.0. The lowest BCUT2D eigenvalue weighted by molar-refractivity contribution is -0.118. The van der Waals surface area contributed by atoms with Crippen LogP contribution < -0.4 is 4.90 Å². The first kappa shape index (κ1) is 13.0. The van der Waals surface area contributed by atoms with Crippen molar-refractivity contribution in [2.75, 3.05) is 23.5 Å². The van der Waals surface area contributed by atoms with E-state index in [4.69, 9.17) is 5.11 Å². The Bertz CT molecular complexity index is 487. The van der Waals surface area contributed by atoms with Crippen LogP contribution in [0.3, 0.4) is 0 Å². The van der Waals surface area contributed by atoms with E-state index in [1.807, 2.05) is 6.26 Å². The highest BCUT2D eigenvalue weighted by molar-refractivity contribution is 7.98. The second-order valence-electron chi connectivity index (χ2n) is 4.19. The van der Waals surface area contributed by atoms with Crippen molar-refractivity contribution in [3.05, 3.63) is 29.3 Å². The molecule has 4 nitrogen and oxygen atoms in total. The Morgan fingerprint density at radius 3 is 2.89 bits per heavy atom. The number of aromatic carboxylic acids is 1. The number of carboxylic acid groups (broad SMARTS) is 1. The third-order valence-electron chi connectivity index (χ3n) is 3.04. The highest BCUT2D eigenvalue weighted by atomic mass is 32.2. The van der Waals surface area contributed by atoms with Crippen molar-refractivity contribution in [1.82, 2.24) is 0 Å². The number of fused-ring (bicyclic) bond motifs is 1. The van der Waals surface area contributed by atoms with Gasteiger partial charge in [0.05, 0.1) is 5.56 Å². The van der Waals surface area contributed by atoms with Crippen molar-refractivity contribution in [2.24, 2.45) is 0 Å². The normalized spacial score (nSPS) is 13.5. The van der Waals surface area contributed by atoms with Crippen LogP contribution in [0.15, 0.2) is 18.2 Å². The topological polar surface area (TPSA) is 57.6 Å². The maximum Gasteiger partial charge on any atom is 0.335 e. The summed E-state index contributed by atoms with van der Waals surface area (Å²) in [5.74, 6) is 0.00820. The largest absolute Gasteiger partial charge is 0.478 e. The highest BCUT2D eigenvalue weighted by Crippen LogP contribution is 2.29. The summed E-state index contributed by atoms with van der Waals surface area (Å²) in [5.41, 5.74) is 2.10. The number of anilines is 1. The van der Waals surface area contributed by atoms with Gasteiger partial charge >= 0.3 is 5.97 Å². The molecule has 1 N–H and O–H groups in total. The summed E-state index contributed by atoms with van der Waals surface area (Å²) >= 11 is 1.65. The quantitative estimate of drug-likeness (QED) is 0.905. The number of thioether (sulfide) groups is 1. The average Bonchev–Trinajstić information content (AvgIpc) is 2.78. The minimum absolute atomic E-state index is 0.117. The van der Waals surface area contributed by atoms with E-state index in [1.165, 1.54) is 0 Å². The summed E-state index contributed by atoms with van der Waals surface area (Å²) in [6, 6.07) is 4.96. The van der Waals surface area contributed by atoms with Gasteiger partial charge in [0.25, 0.3) is 0 Å². The molecule has 0 saturated heterocycles. The van der Waals surface area contributed by atoms with E-state index >= 15 is 0 Å². The van der Waals surface area contributed by atoms with E-state index in [2.05, 4.69) is 0 Å². The molecule has 1 aliphatic rings. The summed E-state index contributed by atoms with van der Waals surface area (Å²) in [6.07, 6.45) is 3.24. The number of benzene rings is 1. The molecule has 0 fully saturated rings. The molecule has 0 spiro atoms. The van der Waals surface area contributed by atoms with Crippen LogP contribution in [-0.4, -0.2) is 35.5 Å². The summed E-state index contributed by atoms with van der Waals surface area (Å²) < 4.78 is 0. The summed E-state index contributed by atoms with van der Waals surface area (Å²) in [7, 11) is 0. The molecule has 1 aliphatic heterocycles. The van der Waals surface area contributed by atoms with Crippen molar-refractivity contribution >= 4 is 29.3 Å². The molecule has 96 valence electrons. The van der Waals surface area contributed by atoms with E-state index in [0.717, 1.165) is 23.4 Å². The lowest BCUT2D eigenvalue weighted by Gasteiger charge is -2.17. The number of hydrogen-bond acceptors (Lipinski definition) is 3. The molecule has 18 heavy (non-hydrogen) atoms. The molecular weight excluding hydrogens is 250 g/mol. The summed E-state index contributed by atoms with van der Waals surface area (Å²) in [4.78, 5) is 24.6. The van der Waals surface area contributed by atoms with E-state index in [9.17, 15) is 9.59 Å². The van der Waals surface area contributed by atoms with Gasteiger partial charge in [-0.25, -0.2) is 4.79 Å². The molecule has 0 bridgehead atoms. The lowest BCUT2D eigenvalue weighted by atomic mass is 10.1. The van der Waals surface area contributed by atoms with Crippen LogP contribution in [0.5, 0.6) is 0 Å². The van der Waals surface area contributed by atoms with Gasteiger partial charge in [-0.15, -0.1) is 0 Å². The van der Waals surface area contributed by atoms with E-state index in [1.54, 1.807) is 34.9 Å². The lowest BCUT2D eigenvalue weighted by Crippen LogP contribution is -2.29. The first-order valence-corrected chi connectivity index (χ1v) is 7.18. The van der Waals surface area contributed by atoms with Crippen LogP contribution >= 0.6 is 11.8 Å². The monoisotopic (exact) mass is 265 g/mol. The zero-order valence-corrected chi connectivity index (χ0v) is 11.0. The number of amides is 1. The molecule has 0 unspecified atom stereocenters. The number of carbonyl (C=O) groups is 2. The van der Waals surface area contributed by atoms with Gasteiger partial charge in [-0.3, -0.25) is 4.79 Å². The van der Waals surface area contributed by atoms with Crippen molar-refractivity contribution in [3.8, 4) is 0 Å². The summed E-state index contributed by atoms with van der Waals surface area (Å²) in [5, 5.41) is 8.92. The van der Waals surface area contributed by atoms with Gasteiger partial charge in [-0.2, -0.15) is 11.8 Å². The van der Waals surface area contributed by atoms with Crippen LogP contribution in [0.25, 0.3) is 0 Å². The van der Waals surface area contributed by atoms with Crippen LogP contribution in [0.4, 0.5) is 5.69 Å². The van der Waals surface area contributed by atoms with E-state index in [-0.39, 0.29) is 11.5 Å². The van der Waals surface area contributed by atoms with E-state index in [0.29, 0.717) is 13.0 Å². The third kappa shape index (κ3) is 2.51. The van der Waals surface area contributed by atoms with Gasteiger partial charge in [-0.1, -0.05) is 0 Å². The Morgan fingerprint density at radius 1 is 1.44 bits per heavy atom. The molecule has 2 rings (SSSR count). The minimum Gasteiger partial charge on any atom is -0.478 e. The number of nitrogens with zero attached hydrogens (tertiary/aromatic N) is 1. The second kappa shape index (κ2) is 5.44. The minimum atomic E-state index is -0.926. The SMILES string of the molecule is CSCCC(=O)N1CCc2cc(C(=O)O)ccc21. The van der Waals surface area contributed by atoms with Gasteiger partial charge in [0.1, 0.15) is 0 Å². The Kier molecular flexibility index (Phi) is 3.91. The van der Waals surface area contributed by atoms with Crippen molar-refractivity contribution in [1.29, 1.82) is 0 Å². The first-order valence-electron chi connectivity index (χ1n) is 5.79. The molecule has 5 heteroatoms. The molecular formula is C13H15NO3S. The number of hydrogen-bond donors (Lipinski definition) is 1. The van der Waals surface area contributed by atoms with Gasteiger partial charge < -0.3 is 10.0 Å². The standard InChI is InChI=1S/C13H15NO3S/c1-18-7-5-12(15)14-6-4-9-8-10(13(16)17)2-3-11(9)14/h2-3,8H,4-7H2,1H3,(H,16,17). The molecule has 1 amide bonds. The molecule has 1 heterocycles.